The molecule has 1 aromatic heterocycles. The first kappa shape index (κ1) is 20.5. The Hall–Kier alpha value is -2.81. The summed E-state index contributed by atoms with van der Waals surface area (Å²) in [6.07, 6.45) is 0. The Morgan fingerprint density at radius 2 is 2.03 bits per heavy atom. The van der Waals surface area contributed by atoms with E-state index in [-0.39, 0.29) is 25.2 Å². The van der Waals surface area contributed by atoms with Crippen LogP contribution in [0.5, 0.6) is 17.2 Å². The van der Waals surface area contributed by atoms with Gasteiger partial charge in [-0.05, 0) is 24.3 Å². The molecule has 1 saturated heterocycles. The topological polar surface area (TPSA) is 81.9 Å². The predicted octanol–water partition coefficient (Wildman–Crippen LogP) is 3.04. The third-order valence-corrected chi connectivity index (χ3v) is 5.29. The fraction of sp³-hybridized carbons (Fsp3) is 0.333. The number of ether oxygens (including phenoxy) is 3. The van der Waals surface area contributed by atoms with Gasteiger partial charge < -0.3 is 24.1 Å². The number of aromatic nitrogens is 2. The standard InChI is InChI=1S/C21H22N4O4.ClH/c1-26-17-5-3-2-4-15(17)16-11-22-8-9-25(16)12-20-23-21(24-29-20)14-6-7-18-19(10-14)28-13-27-18;/h2-7,10,16,22H,8-9,11-13H2,1H3;1H. The molecule has 30 heavy (non-hydrogen) atoms. The number of nitrogens with one attached hydrogen (secondary N) is 1. The molecule has 0 bridgehead atoms. The lowest BCUT2D eigenvalue weighted by Crippen LogP contribution is -2.45. The number of hydrogen-bond donors (Lipinski definition) is 1. The summed E-state index contributed by atoms with van der Waals surface area (Å²) in [6.45, 7) is 3.44. The molecular formula is C21H23ClN4O4. The number of benzene rings is 2. The van der Waals surface area contributed by atoms with E-state index in [0.717, 1.165) is 42.3 Å². The van der Waals surface area contributed by atoms with E-state index in [1.54, 1.807) is 7.11 Å². The fourth-order valence-electron chi connectivity index (χ4n) is 3.83. The molecule has 3 aromatic rings. The lowest BCUT2D eigenvalue weighted by atomic mass is 10.0. The monoisotopic (exact) mass is 430 g/mol. The van der Waals surface area contributed by atoms with Crippen LogP contribution in [0, 0.1) is 0 Å². The number of halogens is 1. The molecular weight excluding hydrogens is 408 g/mol. The van der Waals surface area contributed by atoms with Gasteiger partial charge >= 0.3 is 0 Å². The van der Waals surface area contributed by atoms with Crippen molar-refractivity contribution in [3.8, 4) is 28.6 Å². The normalized spacial score (nSPS) is 18.1. The predicted molar refractivity (Wildman–Crippen MR) is 112 cm³/mol. The van der Waals surface area contributed by atoms with Crippen LogP contribution in [0.2, 0.25) is 0 Å². The molecule has 8 nitrogen and oxygen atoms in total. The Labute approximate surface area is 180 Å². The average molecular weight is 431 g/mol. The summed E-state index contributed by atoms with van der Waals surface area (Å²) in [5, 5.41) is 7.63. The van der Waals surface area contributed by atoms with Gasteiger partial charge in [0, 0.05) is 30.8 Å². The van der Waals surface area contributed by atoms with Gasteiger partial charge in [-0.25, -0.2) is 0 Å². The van der Waals surface area contributed by atoms with E-state index in [1.165, 1.54) is 0 Å². The lowest BCUT2D eigenvalue weighted by Gasteiger charge is -2.36. The SMILES string of the molecule is COc1ccccc1C1CNCCN1Cc1nc(-c2ccc3c(c2)OCO3)no1.Cl. The first-order valence-electron chi connectivity index (χ1n) is 9.62. The van der Waals surface area contributed by atoms with Crippen molar-refractivity contribution in [2.24, 2.45) is 0 Å². The molecule has 0 aliphatic carbocycles. The summed E-state index contributed by atoms with van der Waals surface area (Å²) in [4.78, 5) is 6.94. The molecule has 0 spiro atoms. The molecule has 2 aliphatic rings. The molecule has 1 unspecified atom stereocenters. The Bertz CT molecular complexity index is 1010. The highest BCUT2D eigenvalue weighted by Gasteiger charge is 2.28. The summed E-state index contributed by atoms with van der Waals surface area (Å²) < 4.78 is 21.9. The highest BCUT2D eigenvalue weighted by Crippen LogP contribution is 2.35. The van der Waals surface area contributed by atoms with Gasteiger partial charge in [-0.15, -0.1) is 12.4 Å². The molecule has 3 heterocycles. The van der Waals surface area contributed by atoms with Crippen molar-refractivity contribution in [1.82, 2.24) is 20.4 Å². The molecule has 2 aromatic carbocycles. The van der Waals surface area contributed by atoms with Crippen molar-refractivity contribution in [3.63, 3.8) is 0 Å². The zero-order valence-corrected chi connectivity index (χ0v) is 17.4. The third-order valence-electron chi connectivity index (χ3n) is 5.29. The van der Waals surface area contributed by atoms with Crippen molar-refractivity contribution in [2.75, 3.05) is 33.5 Å². The minimum absolute atomic E-state index is 0. The number of nitrogens with zero attached hydrogens (tertiary/aromatic N) is 3. The smallest absolute Gasteiger partial charge is 0.241 e. The van der Waals surface area contributed by atoms with Crippen LogP contribution in [-0.2, 0) is 6.54 Å². The van der Waals surface area contributed by atoms with E-state index in [0.29, 0.717) is 24.0 Å². The number of hydrogen-bond acceptors (Lipinski definition) is 8. The Kier molecular flexibility index (Phi) is 6.08. The van der Waals surface area contributed by atoms with Crippen LogP contribution in [-0.4, -0.2) is 48.6 Å². The van der Waals surface area contributed by atoms with Gasteiger partial charge in [0.15, 0.2) is 11.5 Å². The van der Waals surface area contributed by atoms with Crippen molar-refractivity contribution >= 4 is 12.4 Å². The molecule has 1 fully saturated rings. The van der Waals surface area contributed by atoms with E-state index >= 15 is 0 Å². The third kappa shape index (κ3) is 3.94. The van der Waals surface area contributed by atoms with E-state index in [2.05, 4.69) is 26.4 Å². The van der Waals surface area contributed by atoms with Crippen LogP contribution < -0.4 is 19.5 Å². The molecule has 2 aliphatic heterocycles. The Morgan fingerprint density at radius 1 is 1.17 bits per heavy atom. The number of para-hydroxylation sites is 1. The maximum absolute atomic E-state index is 5.57. The number of fused-ring (bicyclic) bond motifs is 1. The molecule has 0 amide bonds. The van der Waals surface area contributed by atoms with Crippen LogP contribution in [0.1, 0.15) is 17.5 Å². The van der Waals surface area contributed by atoms with Gasteiger partial charge in [-0.2, -0.15) is 4.98 Å². The van der Waals surface area contributed by atoms with Crippen LogP contribution in [0.4, 0.5) is 0 Å². The fourth-order valence-corrected chi connectivity index (χ4v) is 3.83. The van der Waals surface area contributed by atoms with E-state index in [1.807, 2.05) is 36.4 Å². The second kappa shape index (κ2) is 8.91. The number of rotatable bonds is 5. The van der Waals surface area contributed by atoms with Gasteiger partial charge in [-0.3, -0.25) is 4.90 Å². The van der Waals surface area contributed by atoms with Crippen molar-refractivity contribution in [3.05, 3.63) is 53.9 Å². The summed E-state index contributed by atoms with van der Waals surface area (Å²) in [5.74, 6) is 3.45. The maximum atomic E-state index is 5.57. The number of piperazine rings is 1. The second-order valence-corrected chi connectivity index (χ2v) is 7.01. The van der Waals surface area contributed by atoms with Gasteiger partial charge in [0.2, 0.25) is 18.5 Å². The average Bonchev–Trinajstić information content (AvgIpc) is 3.43. The summed E-state index contributed by atoms with van der Waals surface area (Å²) in [7, 11) is 1.70. The minimum Gasteiger partial charge on any atom is -0.496 e. The van der Waals surface area contributed by atoms with E-state index in [9.17, 15) is 0 Å². The van der Waals surface area contributed by atoms with E-state index in [4.69, 9.17) is 18.7 Å². The Morgan fingerprint density at radius 3 is 2.93 bits per heavy atom. The van der Waals surface area contributed by atoms with E-state index < -0.39 is 0 Å². The summed E-state index contributed by atoms with van der Waals surface area (Å²) >= 11 is 0. The van der Waals surface area contributed by atoms with Crippen molar-refractivity contribution < 1.29 is 18.7 Å². The van der Waals surface area contributed by atoms with Crippen LogP contribution in [0.25, 0.3) is 11.4 Å². The molecule has 5 rings (SSSR count). The zero-order chi connectivity index (χ0) is 19.6. The van der Waals surface area contributed by atoms with Crippen molar-refractivity contribution in [1.29, 1.82) is 0 Å². The first-order valence-corrected chi connectivity index (χ1v) is 9.62. The van der Waals surface area contributed by atoms with Crippen molar-refractivity contribution in [2.45, 2.75) is 12.6 Å². The highest BCUT2D eigenvalue weighted by molar-refractivity contribution is 5.85. The molecule has 9 heteroatoms. The van der Waals surface area contributed by atoms with Gasteiger partial charge in [0.1, 0.15) is 5.75 Å². The van der Waals surface area contributed by atoms with Crippen LogP contribution in [0.3, 0.4) is 0 Å². The highest BCUT2D eigenvalue weighted by atomic mass is 35.5. The van der Waals surface area contributed by atoms with Gasteiger partial charge in [0.05, 0.1) is 19.7 Å². The maximum Gasteiger partial charge on any atom is 0.241 e. The molecule has 1 atom stereocenters. The molecule has 0 saturated carbocycles. The molecule has 0 radical (unpaired) electrons. The summed E-state index contributed by atoms with van der Waals surface area (Å²) in [5.41, 5.74) is 1.99. The molecule has 158 valence electrons. The van der Waals surface area contributed by atoms with Gasteiger partial charge in [0.25, 0.3) is 0 Å². The quantitative estimate of drug-likeness (QED) is 0.661. The molecule has 1 N–H and O–H groups in total. The summed E-state index contributed by atoms with van der Waals surface area (Å²) in [6, 6.07) is 13.9. The largest absolute Gasteiger partial charge is 0.496 e. The zero-order valence-electron chi connectivity index (χ0n) is 16.5. The second-order valence-electron chi connectivity index (χ2n) is 7.01. The first-order chi connectivity index (χ1) is 14.3. The number of methoxy groups -OCH3 is 1. The van der Waals surface area contributed by atoms with Crippen LogP contribution in [0.15, 0.2) is 47.0 Å². The lowest BCUT2D eigenvalue weighted by molar-refractivity contribution is 0.133. The van der Waals surface area contributed by atoms with Crippen LogP contribution >= 0.6 is 12.4 Å². The Balaban J connectivity index is 0.00000218. The van der Waals surface area contributed by atoms with Gasteiger partial charge in [-0.1, -0.05) is 23.4 Å². The minimum atomic E-state index is 0.